The summed E-state index contributed by atoms with van der Waals surface area (Å²) in [7, 11) is 0. The zero-order chi connectivity index (χ0) is 8.43. The van der Waals surface area contributed by atoms with Gasteiger partial charge in [0.2, 0.25) is 11.6 Å². The van der Waals surface area contributed by atoms with Crippen molar-refractivity contribution in [3.63, 3.8) is 0 Å². The van der Waals surface area contributed by atoms with E-state index >= 15 is 0 Å². The summed E-state index contributed by atoms with van der Waals surface area (Å²) in [5, 5.41) is 0. The molecule has 1 aromatic heterocycles. The number of carbonyl (C=O) groups excluding carboxylic acids is 1. The van der Waals surface area contributed by atoms with Crippen molar-refractivity contribution in [2.24, 2.45) is 0 Å². The van der Waals surface area contributed by atoms with Gasteiger partial charge < -0.3 is 9.15 Å². The van der Waals surface area contributed by atoms with E-state index in [-0.39, 0.29) is 0 Å². The third kappa shape index (κ3) is 1.19. The monoisotopic (exact) mass is 165 g/mol. The summed E-state index contributed by atoms with van der Waals surface area (Å²) in [6, 6.07) is -1.77. The summed E-state index contributed by atoms with van der Waals surface area (Å²) in [4.78, 5) is 9.43. The normalized spacial score (nSPS) is 9.73. The van der Waals surface area contributed by atoms with E-state index in [0.29, 0.717) is 0 Å². The third-order valence-electron chi connectivity index (χ3n) is 0.861. The van der Waals surface area contributed by atoms with Crippen LogP contribution in [0.4, 0.5) is 13.2 Å². The molecule has 0 saturated heterocycles. The van der Waals surface area contributed by atoms with Gasteiger partial charge in [-0.25, -0.2) is 4.79 Å². The van der Waals surface area contributed by atoms with Crippen LogP contribution in [0, 0.1) is 17.6 Å². The lowest BCUT2D eigenvalue weighted by atomic mass is 10.6. The number of hydrogen-bond acceptors (Lipinski definition) is 3. The van der Waals surface area contributed by atoms with Crippen LogP contribution in [-0.4, -0.2) is 6.47 Å². The van der Waals surface area contributed by atoms with Gasteiger partial charge in [0.05, 0.1) is 0 Å². The quantitative estimate of drug-likeness (QED) is 0.659. The minimum Gasteiger partial charge on any atom is -0.393 e. The molecule has 0 spiro atoms. The number of rotatable bonds is 2. The van der Waals surface area contributed by atoms with E-state index in [1.165, 1.54) is 0 Å². The predicted molar refractivity (Wildman–Crippen MR) is 24.9 cm³/mol. The molecule has 3 nitrogen and oxygen atoms in total. The van der Waals surface area contributed by atoms with Gasteiger partial charge in [0.25, 0.3) is 0 Å². The van der Waals surface area contributed by atoms with Gasteiger partial charge in [-0.2, -0.15) is 13.2 Å². The Balaban J connectivity index is 3.07. The van der Waals surface area contributed by atoms with Crippen molar-refractivity contribution >= 4 is 6.47 Å². The van der Waals surface area contributed by atoms with Crippen LogP contribution in [0.5, 0.6) is 5.95 Å². The van der Waals surface area contributed by atoms with Crippen molar-refractivity contribution in [2.45, 2.75) is 0 Å². The Morgan fingerprint density at radius 2 is 1.91 bits per heavy atom. The lowest BCUT2D eigenvalue weighted by molar-refractivity contribution is 0.268. The fourth-order valence-electron chi connectivity index (χ4n) is 0.450. The standard InChI is InChI=1S/C5F3O3/c6-2-3(7)5(10-1-9)11-4(2)8. The van der Waals surface area contributed by atoms with Crippen molar-refractivity contribution in [2.75, 3.05) is 0 Å². The molecule has 0 amide bonds. The maximum Gasteiger partial charge on any atom is 0.425 e. The van der Waals surface area contributed by atoms with E-state index in [2.05, 4.69) is 9.15 Å². The highest BCUT2D eigenvalue weighted by Crippen LogP contribution is 2.24. The van der Waals surface area contributed by atoms with Crippen molar-refractivity contribution in [3.8, 4) is 5.95 Å². The Hall–Kier alpha value is -1.46. The van der Waals surface area contributed by atoms with Crippen LogP contribution in [0.1, 0.15) is 0 Å². The fraction of sp³-hybridized carbons (Fsp3) is 0. The largest absolute Gasteiger partial charge is 0.425 e. The Morgan fingerprint density at radius 1 is 1.27 bits per heavy atom. The molecule has 1 radical (unpaired) electrons. The molecule has 0 atom stereocenters. The van der Waals surface area contributed by atoms with E-state index in [0.717, 1.165) is 6.47 Å². The van der Waals surface area contributed by atoms with Crippen LogP contribution >= 0.6 is 0 Å². The number of ether oxygens (including phenoxy) is 1. The molecule has 0 aliphatic rings. The Kier molecular flexibility index (Phi) is 1.84. The summed E-state index contributed by atoms with van der Waals surface area (Å²) in [6.07, 6.45) is 0. The summed E-state index contributed by atoms with van der Waals surface area (Å²) < 4.78 is 43.4. The topological polar surface area (TPSA) is 39.4 Å². The second-order valence-corrected chi connectivity index (χ2v) is 1.48. The van der Waals surface area contributed by atoms with Gasteiger partial charge in [-0.3, -0.25) is 0 Å². The molecule has 0 aliphatic carbocycles. The predicted octanol–water partition coefficient (Wildman–Crippen LogP) is 1.14. The van der Waals surface area contributed by atoms with Crippen LogP contribution in [0.15, 0.2) is 4.42 Å². The van der Waals surface area contributed by atoms with Gasteiger partial charge in [-0.05, 0) is 0 Å². The first-order valence-electron chi connectivity index (χ1n) is 2.34. The molecular formula is C5F3O3. The lowest BCUT2D eigenvalue weighted by Gasteiger charge is -1.84. The molecule has 59 valence electrons. The summed E-state index contributed by atoms with van der Waals surface area (Å²) in [5.74, 6) is -4.68. The van der Waals surface area contributed by atoms with E-state index in [4.69, 9.17) is 0 Å². The van der Waals surface area contributed by atoms with Crippen LogP contribution in [0.2, 0.25) is 0 Å². The Morgan fingerprint density at radius 3 is 2.27 bits per heavy atom. The third-order valence-corrected chi connectivity index (χ3v) is 0.861. The number of furan rings is 1. The maximum atomic E-state index is 12.2. The van der Waals surface area contributed by atoms with Crippen molar-refractivity contribution in [1.29, 1.82) is 0 Å². The van der Waals surface area contributed by atoms with Gasteiger partial charge >= 0.3 is 18.4 Å². The maximum absolute atomic E-state index is 12.2. The van der Waals surface area contributed by atoms with Crippen molar-refractivity contribution in [1.82, 2.24) is 0 Å². The zero-order valence-electron chi connectivity index (χ0n) is 4.86. The number of hydrogen-bond donors (Lipinski definition) is 0. The van der Waals surface area contributed by atoms with Crippen molar-refractivity contribution < 1.29 is 27.1 Å². The first-order chi connectivity index (χ1) is 5.16. The molecule has 0 aliphatic heterocycles. The van der Waals surface area contributed by atoms with Crippen LogP contribution in [0.3, 0.4) is 0 Å². The smallest absolute Gasteiger partial charge is 0.393 e. The van der Waals surface area contributed by atoms with Crippen LogP contribution in [0.25, 0.3) is 0 Å². The molecule has 11 heavy (non-hydrogen) atoms. The molecule has 0 fully saturated rings. The van der Waals surface area contributed by atoms with Gasteiger partial charge in [0.1, 0.15) is 0 Å². The van der Waals surface area contributed by atoms with E-state index in [1.807, 2.05) is 0 Å². The molecule has 0 saturated carbocycles. The first kappa shape index (κ1) is 7.64. The second-order valence-electron chi connectivity index (χ2n) is 1.48. The average molecular weight is 165 g/mol. The Bertz CT molecular complexity index is 281. The molecule has 0 aromatic carbocycles. The highest BCUT2D eigenvalue weighted by Gasteiger charge is 2.22. The molecule has 6 heteroatoms. The highest BCUT2D eigenvalue weighted by atomic mass is 19.2. The fourth-order valence-corrected chi connectivity index (χ4v) is 0.450. The van der Waals surface area contributed by atoms with Crippen molar-refractivity contribution in [3.05, 3.63) is 17.6 Å². The zero-order valence-corrected chi connectivity index (χ0v) is 4.86. The van der Waals surface area contributed by atoms with E-state index in [9.17, 15) is 18.0 Å². The van der Waals surface area contributed by atoms with Gasteiger partial charge in [-0.1, -0.05) is 0 Å². The van der Waals surface area contributed by atoms with Gasteiger partial charge in [-0.15, -0.1) is 0 Å². The second kappa shape index (κ2) is 2.65. The summed E-state index contributed by atoms with van der Waals surface area (Å²) in [6.45, 7) is 0.748. The molecule has 1 heterocycles. The number of halogens is 3. The Labute approximate surface area is 58.4 Å². The van der Waals surface area contributed by atoms with Crippen LogP contribution in [-0.2, 0) is 4.79 Å². The summed E-state index contributed by atoms with van der Waals surface area (Å²) >= 11 is 0. The molecule has 0 bridgehead atoms. The first-order valence-corrected chi connectivity index (χ1v) is 2.34. The highest BCUT2D eigenvalue weighted by molar-refractivity contribution is 5.43. The molecule has 0 N–H and O–H groups in total. The van der Waals surface area contributed by atoms with E-state index < -0.39 is 23.6 Å². The molecule has 0 unspecified atom stereocenters. The summed E-state index contributed by atoms with van der Waals surface area (Å²) in [5.41, 5.74) is 0. The molecular weight excluding hydrogens is 165 g/mol. The lowest BCUT2D eigenvalue weighted by Crippen LogP contribution is -1.88. The SMILES string of the molecule is O=[C]Oc1oc(F)c(F)c1F. The minimum absolute atomic E-state index is 0.748. The molecule has 1 rings (SSSR count). The minimum atomic E-state index is -1.82. The molecule has 1 aromatic rings. The van der Waals surface area contributed by atoms with Gasteiger partial charge in [0, 0.05) is 0 Å². The van der Waals surface area contributed by atoms with Crippen LogP contribution < -0.4 is 4.74 Å². The van der Waals surface area contributed by atoms with Gasteiger partial charge in [0.15, 0.2) is 0 Å². The average Bonchev–Trinajstić information content (AvgIpc) is 2.19. The van der Waals surface area contributed by atoms with E-state index in [1.54, 1.807) is 0 Å².